The predicted molar refractivity (Wildman–Crippen MR) is 72.5 cm³/mol. The van der Waals surface area contributed by atoms with Crippen LogP contribution in [0, 0.1) is 0 Å². The normalized spacial score (nSPS) is 19.1. The van der Waals surface area contributed by atoms with Crippen molar-refractivity contribution in [2.75, 3.05) is 18.6 Å². The van der Waals surface area contributed by atoms with Crippen LogP contribution in [-0.2, 0) is 19.9 Å². The van der Waals surface area contributed by atoms with Gasteiger partial charge in [-0.3, -0.25) is 9.71 Å². The van der Waals surface area contributed by atoms with Gasteiger partial charge in [-0.1, -0.05) is 12.1 Å². The van der Waals surface area contributed by atoms with Gasteiger partial charge in [-0.2, -0.15) is 0 Å². The van der Waals surface area contributed by atoms with Crippen molar-refractivity contribution in [1.82, 2.24) is 4.72 Å². The quantitative estimate of drug-likeness (QED) is 0.802. The topological polar surface area (TPSA) is 92.7 Å². The van der Waals surface area contributed by atoms with E-state index in [1.165, 1.54) is 6.07 Å². The molecule has 0 amide bonds. The van der Waals surface area contributed by atoms with Crippen molar-refractivity contribution in [3.05, 3.63) is 29.8 Å². The van der Waals surface area contributed by atoms with Crippen LogP contribution in [0.25, 0.3) is 0 Å². The second-order valence-corrected chi connectivity index (χ2v) is 8.23. The maximum atomic E-state index is 11.8. The van der Waals surface area contributed by atoms with E-state index in [0.29, 0.717) is 12.0 Å². The van der Waals surface area contributed by atoms with Crippen molar-refractivity contribution in [2.45, 2.75) is 11.3 Å². The van der Waals surface area contributed by atoms with Gasteiger partial charge >= 0.3 is 0 Å². The van der Waals surface area contributed by atoms with E-state index in [1.54, 1.807) is 18.2 Å². The van der Waals surface area contributed by atoms with Gasteiger partial charge in [0.1, 0.15) is 15.7 Å². The summed E-state index contributed by atoms with van der Waals surface area (Å²) in [7, 11) is -6.53. The zero-order chi connectivity index (χ0) is 14.1. The molecular weight excluding hydrogens is 288 g/mol. The number of nitrogens with one attached hydrogen (secondary N) is 1. The zero-order valence-electron chi connectivity index (χ0n) is 10.3. The second-order valence-electron chi connectivity index (χ2n) is 4.32. The predicted octanol–water partition coefficient (Wildman–Crippen LogP) is 0.160. The molecule has 1 aliphatic heterocycles. The third kappa shape index (κ3) is 3.32. The third-order valence-corrected chi connectivity index (χ3v) is 5.03. The first-order valence-electron chi connectivity index (χ1n) is 5.64. The van der Waals surface area contributed by atoms with Crippen LogP contribution in [0.3, 0.4) is 0 Å². The summed E-state index contributed by atoms with van der Waals surface area (Å²) in [6, 6.07) is 6.55. The molecule has 0 saturated carbocycles. The van der Waals surface area contributed by atoms with Crippen molar-refractivity contribution in [3.8, 4) is 0 Å². The van der Waals surface area contributed by atoms with Gasteiger partial charge in [0.2, 0.25) is 0 Å². The monoisotopic (exact) mass is 302 g/mol. The molecule has 0 aliphatic carbocycles. The van der Waals surface area contributed by atoms with E-state index in [4.69, 9.17) is 0 Å². The third-order valence-electron chi connectivity index (χ3n) is 2.61. The number of rotatable bonds is 4. The van der Waals surface area contributed by atoms with E-state index in [-0.39, 0.29) is 23.0 Å². The number of aliphatic imine (C=N–C) groups is 1. The smallest absolute Gasteiger partial charge is 0.263 e. The highest BCUT2D eigenvalue weighted by atomic mass is 32.2. The SMILES string of the molecule is CS(=O)(=O)CCCN=C1NS(=O)(=O)c2ccccc21. The van der Waals surface area contributed by atoms with Crippen LogP contribution in [0.2, 0.25) is 0 Å². The zero-order valence-corrected chi connectivity index (χ0v) is 12.0. The van der Waals surface area contributed by atoms with Crippen LogP contribution >= 0.6 is 0 Å². The number of nitrogens with zero attached hydrogens (tertiary/aromatic N) is 1. The highest BCUT2D eigenvalue weighted by Crippen LogP contribution is 2.22. The van der Waals surface area contributed by atoms with Gasteiger partial charge in [0.05, 0.1) is 10.6 Å². The molecule has 1 aliphatic rings. The molecule has 0 radical (unpaired) electrons. The lowest BCUT2D eigenvalue weighted by atomic mass is 10.2. The molecular formula is C11H14N2O4S2. The molecule has 1 N–H and O–H groups in total. The van der Waals surface area contributed by atoms with Crippen LogP contribution in [0.5, 0.6) is 0 Å². The van der Waals surface area contributed by atoms with Gasteiger partial charge < -0.3 is 0 Å². The molecule has 0 spiro atoms. The van der Waals surface area contributed by atoms with Gasteiger partial charge in [0.25, 0.3) is 10.0 Å². The van der Waals surface area contributed by atoms with Gasteiger partial charge in [0.15, 0.2) is 0 Å². The van der Waals surface area contributed by atoms with Crippen molar-refractivity contribution < 1.29 is 16.8 Å². The summed E-state index contributed by atoms with van der Waals surface area (Å²) in [6.45, 7) is 0.263. The van der Waals surface area contributed by atoms with Gasteiger partial charge in [0, 0.05) is 18.4 Å². The lowest BCUT2D eigenvalue weighted by molar-refractivity contribution is 0.594. The van der Waals surface area contributed by atoms with Crippen LogP contribution in [-0.4, -0.2) is 41.2 Å². The minimum atomic E-state index is -3.52. The van der Waals surface area contributed by atoms with Crippen molar-refractivity contribution >= 4 is 25.7 Å². The fourth-order valence-electron chi connectivity index (χ4n) is 1.77. The molecule has 1 aromatic rings. The Morgan fingerprint density at radius 2 is 1.95 bits per heavy atom. The van der Waals surface area contributed by atoms with Gasteiger partial charge in [-0.25, -0.2) is 16.8 Å². The Hall–Kier alpha value is -1.41. The molecule has 0 atom stereocenters. The summed E-state index contributed by atoms with van der Waals surface area (Å²) < 4.78 is 47.8. The van der Waals surface area contributed by atoms with E-state index < -0.39 is 19.9 Å². The van der Waals surface area contributed by atoms with Crippen LogP contribution in [0.4, 0.5) is 0 Å². The van der Waals surface area contributed by atoms with Crippen LogP contribution < -0.4 is 4.72 Å². The lowest BCUT2D eigenvalue weighted by Crippen LogP contribution is -2.22. The van der Waals surface area contributed by atoms with Crippen molar-refractivity contribution in [3.63, 3.8) is 0 Å². The Bertz CT molecular complexity index is 721. The summed E-state index contributed by atoms with van der Waals surface area (Å²) in [5, 5.41) is 0. The molecule has 2 rings (SSSR count). The molecule has 104 valence electrons. The average molecular weight is 302 g/mol. The highest BCUT2D eigenvalue weighted by Gasteiger charge is 2.29. The van der Waals surface area contributed by atoms with Gasteiger partial charge in [-0.15, -0.1) is 0 Å². The summed E-state index contributed by atoms with van der Waals surface area (Å²) in [4.78, 5) is 4.33. The minimum absolute atomic E-state index is 0.0399. The summed E-state index contributed by atoms with van der Waals surface area (Å²) in [5.74, 6) is 0.321. The summed E-state index contributed by atoms with van der Waals surface area (Å²) in [5.41, 5.74) is 0.529. The number of sulfone groups is 1. The number of hydrogen-bond acceptors (Lipinski definition) is 5. The molecule has 0 fully saturated rings. The standard InChI is InChI=1S/C11H14N2O4S2/c1-18(14,15)8-4-7-12-11-9-5-2-3-6-10(9)19(16,17)13-11/h2-3,5-6H,4,7-8H2,1H3,(H,12,13). The number of sulfonamides is 1. The molecule has 0 aromatic heterocycles. The van der Waals surface area contributed by atoms with E-state index in [9.17, 15) is 16.8 Å². The molecule has 6 nitrogen and oxygen atoms in total. The number of benzene rings is 1. The van der Waals surface area contributed by atoms with E-state index in [1.807, 2.05) is 0 Å². The first kappa shape index (κ1) is 14.0. The highest BCUT2D eigenvalue weighted by molar-refractivity contribution is 7.91. The molecule has 1 aromatic carbocycles. The molecule has 0 bridgehead atoms. The van der Waals surface area contributed by atoms with Crippen LogP contribution in [0.15, 0.2) is 34.2 Å². The van der Waals surface area contributed by atoms with E-state index in [2.05, 4.69) is 9.71 Å². The molecule has 0 unspecified atom stereocenters. The fourth-order valence-corrected chi connectivity index (χ4v) is 3.67. The molecule has 1 heterocycles. The molecule has 8 heteroatoms. The number of fused-ring (bicyclic) bond motifs is 1. The van der Waals surface area contributed by atoms with E-state index >= 15 is 0 Å². The maximum absolute atomic E-state index is 11.8. The average Bonchev–Trinajstić information content (AvgIpc) is 2.57. The van der Waals surface area contributed by atoms with Crippen molar-refractivity contribution in [1.29, 1.82) is 0 Å². The van der Waals surface area contributed by atoms with E-state index in [0.717, 1.165) is 6.26 Å². The first-order chi connectivity index (χ1) is 8.80. The largest absolute Gasteiger partial charge is 0.267 e. The van der Waals surface area contributed by atoms with Crippen LogP contribution in [0.1, 0.15) is 12.0 Å². The Balaban J connectivity index is 2.16. The Kier molecular flexibility index (Phi) is 3.64. The lowest BCUT2D eigenvalue weighted by Gasteiger charge is -1.99. The number of amidine groups is 1. The Morgan fingerprint density at radius 1 is 1.26 bits per heavy atom. The molecule has 19 heavy (non-hydrogen) atoms. The number of hydrogen-bond donors (Lipinski definition) is 1. The second kappa shape index (κ2) is 4.93. The first-order valence-corrected chi connectivity index (χ1v) is 9.18. The Labute approximate surface area is 112 Å². The van der Waals surface area contributed by atoms with Crippen molar-refractivity contribution in [2.24, 2.45) is 4.99 Å². The maximum Gasteiger partial charge on any atom is 0.263 e. The summed E-state index contributed by atoms with van der Waals surface area (Å²) >= 11 is 0. The minimum Gasteiger partial charge on any atom is -0.267 e. The summed E-state index contributed by atoms with van der Waals surface area (Å²) in [6.07, 6.45) is 1.53. The van der Waals surface area contributed by atoms with Gasteiger partial charge in [-0.05, 0) is 18.6 Å². The fraction of sp³-hybridized carbons (Fsp3) is 0.364. The molecule has 0 saturated heterocycles. The Morgan fingerprint density at radius 3 is 2.63 bits per heavy atom.